The van der Waals surface area contributed by atoms with Gasteiger partial charge in [0.15, 0.2) is 0 Å². The van der Waals surface area contributed by atoms with Gasteiger partial charge in [0.25, 0.3) is 0 Å². The van der Waals surface area contributed by atoms with Crippen LogP contribution >= 0.6 is 0 Å². The average Bonchev–Trinajstić information content (AvgIpc) is 2.20. The normalized spacial score (nSPS) is 9.86. The van der Waals surface area contributed by atoms with Gasteiger partial charge in [-0.2, -0.15) is 0 Å². The Bertz CT molecular complexity index is 166. The van der Waals surface area contributed by atoms with Crippen LogP contribution in [-0.2, 0) is 4.79 Å². The molecule has 14 heavy (non-hydrogen) atoms. The fourth-order valence-corrected chi connectivity index (χ4v) is 1.32. The monoisotopic (exact) mass is 197 g/mol. The molecule has 0 aliphatic carbocycles. The summed E-state index contributed by atoms with van der Waals surface area (Å²) in [5.74, 6) is 0.237. The Balaban J connectivity index is 3.46. The van der Waals surface area contributed by atoms with Crippen molar-refractivity contribution in [2.24, 2.45) is 0 Å². The number of nitrogens with zero attached hydrogens (tertiary/aromatic N) is 1. The van der Waals surface area contributed by atoms with Crippen LogP contribution in [0.4, 0.5) is 0 Å². The van der Waals surface area contributed by atoms with Crippen molar-refractivity contribution in [1.82, 2.24) is 4.90 Å². The first kappa shape index (κ1) is 13.2. The molecular formula is C12H23NO. The second-order valence-corrected chi connectivity index (χ2v) is 3.70. The van der Waals surface area contributed by atoms with E-state index in [0.29, 0.717) is 6.42 Å². The van der Waals surface area contributed by atoms with Crippen LogP contribution in [0.2, 0.25) is 0 Å². The average molecular weight is 197 g/mol. The molecule has 2 heteroatoms. The van der Waals surface area contributed by atoms with Gasteiger partial charge in [0, 0.05) is 20.0 Å². The molecule has 0 atom stereocenters. The maximum atomic E-state index is 11.4. The van der Waals surface area contributed by atoms with E-state index in [9.17, 15) is 4.79 Å². The summed E-state index contributed by atoms with van der Waals surface area (Å²) in [5, 5.41) is 0. The molecule has 82 valence electrons. The first-order valence-corrected chi connectivity index (χ1v) is 5.57. The molecular weight excluding hydrogens is 174 g/mol. The van der Waals surface area contributed by atoms with Gasteiger partial charge in [-0.1, -0.05) is 32.3 Å². The van der Waals surface area contributed by atoms with Crippen LogP contribution in [0.15, 0.2) is 12.7 Å². The van der Waals surface area contributed by atoms with E-state index in [0.717, 1.165) is 19.4 Å². The number of hydrogen-bond acceptors (Lipinski definition) is 1. The molecule has 0 rings (SSSR count). The van der Waals surface area contributed by atoms with Crippen LogP contribution in [0.1, 0.15) is 45.4 Å². The molecule has 0 spiro atoms. The van der Waals surface area contributed by atoms with E-state index in [-0.39, 0.29) is 5.91 Å². The Morgan fingerprint density at radius 3 is 2.64 bits per heavy atom. The summed E-state index contributed by atoms with van der Waals surface area (Å²) in [7, 11) is 1.89. The van der Waals surface area contributed by atoms with Crippen LogP contribution in [0.3, 0.4) is 0 Å². The largest absolute Gasteiger partial charge is 0.346 e. The number of hydrogen-bond donors (Lipinski definition) is 0. The van der Waals surface area contributed by atoms with Crippen molar-refractivity contribution in [3.05, 3.63) is 12.7 Å². The minimum absolute atomic E-state index is 0.237. The Labute approximate surface area is 88.0 Å². The minimum Gasteiger partial charge on any atom is -0.346 e. The number of unbranched alkanes of at least 4 members (excludes halogenated alkanes) is 3. The fourth-order valence-electron chi connectivity index (χ4n) is 1.32. The number of carbonyl (C=O) groups excluding carboxylic acids is 1. The highest BCUT2D eigenvalue weighted by atomic mass is 16.2. The Morgan fingerprint density at radius 1 is 1.36 bits per heavy atom. The zero-order valence-corrected chi connectivity index (χ0v) is 9.59. The van der Waals surface area contributed by atoms with E-state index in [1.54, 1.807) is 6.08 Å². The van der Waals surface area contributed by atoms with Gasteiger partial charge in [0.05, 0.1) is 0 Å². The maximum absolute atomic E-state index is 11.4. The van der Waals surface area contributed by atoms with E-state index < -0.39 is 0 Å². The molecule has 0 unspecified atom stereocenters. The summed E-state index contributed by atoms with van der Waals surface area (Å²) in [6.07, 6.45) is 8.07. The third-order valence-electron chi connectivity index (χ3n) is 2.34. The molecule has 0 saturated carbocycles. The van der Waals surface area contributed by atoms with Gasteiger partial charge in [-0.25, -0.2) is 0 Å². The second-order valence-electron chi connectivity index (χ2n) is 3.70. The van der Waals surface area contributed by atoms with Gasteiger partial charge in [0.2, 0.25) is 5.91 Å². The summed E-state index contributed by atoms with van der Waals surface area (Å²) in [6, 6.07) is 0. The maximum Gasteiger partial charge on any atom is 0.222 e. The highest BCUT2D eigenvalue weighted by Gasteiger charge is 2.05. The van der Waals surface area contributed by atoms with E-state index in [4.69, 9.17) is 0 Å². The van der Waals surface area contributed by atoms with Crippen molar-refractivity contribution < 1.29 is 4.79 Å². The topological polar surface area (TPSA) is 20.3 Å². The van der Waals surface area contributed by atoms with Gasteiger partial charge >= 0.3 is 0 Å². The summed E-state index contributed by atoms with van der Waals surface area (Å²) < 4.78 is 0. The molecule has 2 nitrogen and oxygen atoms in total. The zero-order valence-electron chi connectivity index (χ0n) is 9.59. The predicted molar refractivity (Wildman–Crippen MR) is 61.2 cm³/mol. The molecule has 0 aliphatic rings. The SMILES string of the molecule is C=CCCC(=O)N(C)CCCCCC. The van der Waals surface area contributed by atoms with Gasteiger partial charge in [-0.3, -0.25) is 4.79 Å². The van der Waals surface area contributed by atoms with E-state index >= 15 is 0 Å². The van der Waals surface area contributed by atoms with Crippen LogP contribution in [0.5, 0.6) is 0 Å². The molecule has 0 saturated heterocycles. The standard InChI is InChI=1S/C12H23NO/c1-4-6-8-9-11-13(3)12(14)10-7-5-2/h5H,2,4,6-11H2,1,3H3. The van der Waals surface area contributed by atoms with Crippen molar-refractivity contribution in [3.8, 4) is 0 Å². The van der Waals surface area contributed by atoms with Gasteiger partial charge in [-0.15, -0.1) is 6.58 Å². The number of amides is 1. The number of rotatable bonds is 8. The lowest BCUT2D eigenvalue weighted by Gasteiger charge is -2.16. The van der Waals surface area contributed by atoms with Crippen molar-refractivity contribution in [3.63, 3.8) is 0 Å². The highest BCUT2D eigenvalue weighted by Crippen LogP contribution is 2.02. The molecule has 0 radical (unpaired) electrons. The van der Waals surface area contributed by atoms with Crippen LogP contribution in [0.25, 0.3) is 0 Å². The van der Waals surface area contributed by atoms with Crippen LogP contribution < -0.4 is 0 Å². The van der Waals surface area contributed by atoms with Crippen LogP contribution in [-0.4, -0.2) is 24.4 Å². The third kappa shape index (κ3) is 6.70. The van der Waals surface area contributed by atoms with Gasteiger partial charge in [-0.05, 0) is 12.8 Å². The third-order valence-corrected chi connectivity index (χ3v) is 2.34. The lowest BCUT2D eigenvalue weighted by Crippen LogP contribution is -2.27. The van der Waals surface area contributed by atoms with E-state index in [2.05, 4.69) is 13.5 Å². The molecule has 0 N–H and O–H groups in total. The molecule has 0 bridgehead atoms. The van der Waals surface area contributed by atoms with E-state index in [1.807, 2.05) is 11.9 Å². The summed E-state index contributed by atoms with van der Waals surface area (Å²) >= 11 is 0. The molecule has 0 heterocycles. The lowest BCUT2D eigenvalue weighted by atomic mass is 10.2. The van der Waals surface area contributed by atoms with Gasteiger partial charge < -0.3 is 4.90 Å². The first-order chi connectivity index (χ1) is 6.72. The Morgan fingerprint density at radius 2 is 2.07 bits per heavy atom. The molecule has 0 aliphatic heterocycles. The molecule has 0 aromatic carbocycles. The molecule has 0 fully saturated rings. The highest BCUT2D eigenvalue weighted by molar-refractivity contribution is 5.75. The van der Waals surface area contributed by atoms with E-state index in [1.165, 1.54) is 19.3 Å². The fraction of sp³-hybridized carbons (Fsp3) is 0.750. The first-order valence-electron chi connectivity index (χ1n) is 5.57. The van der Waals surface area contributed by atoms with Gasteiger partial charge in [0.1, 0.15) is 0 Å². The minimum atomic E-state index is 0.237. The predicted octanol–water partition coefficient (Wildman–Crippen LogP) is 2.99. The summed E-state index contributed by atoms with van der Waals surface area (Å²) in [5.41, 5.74) is 0. The summed E-state index contributed by atoms with van der Waals surface area (Å²) in [6.45, 7) is 6.70. The van der Waals surface area contributed by atoms with Crippen molar-refractivity contribution in [1.29, 1.82) is 0 Å². The molecule has 1 amide bonds. The summed E-state index contributed by atoms with van der Waals surface area (Å²) in [4.78, 5) is 13.3. The van der Waals surface area contributed by atoms with Crippen molar-refractivity contribution in [2.75, 3.05) is 13.6 Å². The molecule has 0 aromatic heterocycles. The van der Waals surface area contributed by atoms with Crippen molar-refractivity contribution >= 4 is 5.91 Å². The zero-order chi connectivity index (χ0) is 10.8. The lowest BCUT2D eigenvalue weighted by molar-refractivity contribution is -0.129. The molecule has 0 aromatic rings. The Hall–Kier alpha value is -0.790. The van der Waals surface area contributed by atoms with Crippen molar-refractivity contribution in [2.45, 2.75) is 45.4 Å². The number of carbonyl (C=O) groups is 1. The Kier molecular flexibility index (Phi) is 8.30. The second kappa shape index (κ2) is 8.79. The smallest absolute Gasteiger partial charge is 0.222 e. The number of allylic oxidation sites excluding steroid dienone is 1. The quantitative estimate of drug-likeness (QED) is 0.433. The van der Waals surface area contributed by atoms with Crippen LogP contribution in [0, 0.1) is 0 Å².